The van der Waals surface area contributed by atoms with Gasteiger partial charge < -0.3 is 10.2 Å². The van der Waals surface area contributed by atoms with Gasteiger partial charge in [-0.15, -0.1) is 0 Å². The van der Waals surface area contributed by atoms with Crippen molar-refractivity contribution in [3.63, 3.8) is 0 Å². The molecule has 1 unspecified atom stereocenters. The molecule has 3 heteroatoms. The second-order valence-electron chi connectivity index (χ2n) is 4.94. The Morgan fingerprint density at radius 1 is 1.41 bits per heavy atom. The largest absolute Gasteiger partial charge is 0.508 e. The van der Waals surface area contributed by atoms with Crippen LogP contribution in [0.3, 0.4) is 0 Å². The number of carboxylic acid groups (broad SMARTS) is 1. The van der Waals surface area contributed by atoms with Gasteiger partial charge in [0.2, 0.25) is 0 Å². The van der Waals surface area contributed by atoms with Gasteiger partial charge >= 0.3 is 5.97 Å². The molecule has 0 aliphatic heterocycles. The molecule has 0 bridgehead atoms. The Balaban J connectivity index is 2.29. The van der Waals surface area contributed by atoms with Crippen LogP contribution in [0.2, 0.25) is 0 Å². The Morgan fingerprint density at radius 3 is 2.59 bits per heavy atom. The zero-order valence-corrected chi connectivity index (χ0v) is 9.97. The van der Waals surface area contributed by atoms with Gasteiger partial charge in [0.15, 0.2) is 0 Å². The van der Waals surface area contributed by atoms with E-state index in [0.29, 0.717) is 5.92 Å². The number of benzene rings is 1. The number of aliphatic carboxylic acids is 1. The van der Waals surface area contributed by atoms with E-state index in [2.05, 4.69) is 0 Å². The average molecular weight is 234 g/mol. The maximum absolute atomic E-state index is 11.2. The number of rotatable bonds is 4. The topological polar surface area (TPSA) is 57.5 Å². The van der Waals surface area contributed by atoms with Gasteiger partial charge in [0.25, 0.3) is 0 Å². The van der Waals surface area contributed by atoms with E-state index in [0.717, 1.165) is 18.4 Å². The summed E-state index contributed by atoms with van der Waals surface area (Å²) in [5.41, 5.74) is 0.949. The molecular weight excluding hydrogens is 216 g/mol. The molecule has 17 heavy (non-hydrogen) atoms. The summed E-state index contributed by atoms with van der Waals surface area (Å²) >= 11 is 0. The summed E-state index contributed by atoms with van der Waals surface area (Å²) < 4.78 is 0. The zero-order chi connectivity index (χ0) is 12.4. The molecule has 0 saturated heterocycles. The number of hydrogen-bond donors (Lipinski definition) is 2. The van der Waals surface area contributed by atoms with E-state index < -0.39 is 11.9 Å². The van der Waals surface area contributed by atoms with Crippen molar-refractivity contribution < 1.29 is 15.0 Å². The highest BCUT2D eigenvalue weighted by Gasteiger charge is 2.35. The Labute approximate surface area is 101 Å². The quantitative estimate of drug-likeness (QED) is 0.842. The first-order valence-electron chi connectivity index (χ1n) is 6.11. The normalized spacial score (nSPS) is 19.4. The number of aromatic hydroxyl groups is 1. The summed E-state index contributed by atoms with van der Waals surface area (Å²) in [4.78, 5) is 11.2. The summed E-state index contributed by atoms with van der Waals surface area (Å²) in [5.74, 6) is -0.479. The SMILES string of the molecule is CC(C(=O)O)[C@H](c1cccc(O)c1)C1CCC1. The second-order valence-corrected chi connectivity index (χ2v) is 4.94. The first-order valence-corrected chi connectivity index (χ1v) is 6.11. The predicted molar refractivity (Wildman–Crippen MR) is 65.0 cm³/mol. The molecule has 1 aromatic rings. The molecule has 0 radical (unpaired) electrons. The van der Waals surface area contributed by atoms with E-state index in [1.165, 1.54) is 6.42 Å². The highest BCUT2D eigenvalue weighted by molar-refractivity contribution is 5.71. The molecule has 2 N–H and O–H groups in total. The third-order valence-corrected chi connectivity index (χ3v) is 3.84. The van der Waals surface area contributed by atoms with Crippen LogP contribution in [-0.2, 0) is 4.79 Å². The van der Waals surface area contributed by atoms with Crippen LogP contribution in [0.25, 0.3) is 0 Å². The van der Waals surface area contributed by atoms with E-state index in [1.807, 2.05) is 6.07 Å². The molecule has 1 aromatic carbocycles. The van der Waals surface area contributed by atoms with Crippen LogP contribution >= 0.6 is 0 Å². The van der Waals surface area contributed by atoms with Gasteiger partial charge in [-0.3, -0.25) is 4.79 Å². The van der Waals surface area contributed by atoms with Crippen LogP contribution in [0.4, 0.5) is 0 Å². The van der Waals surface area contributed by atoms with Gasteiger partial charge in [0.1, 0.15) is 5.75 Å². The van der Waals surface area contributed by atoms with Crippen molar-refractivity contribution in [3.8, 4) is 5.75 Å². The molecule has 92 valence electrons. The van der Waals surface area contributed by atoms with E-state index in [9.17, 15) is 15.0 Å². The maximum atomic E-state index is 11.2. The van der Waals surface area contributed by atoms with E-state index in [4.69, 9.17) is 0 Å². The Kier molecular flexibility index (Phi) is 3.36. The van der Waals surface area contributed by atoms with Crippen LogP contribution in [0.5, 0.6) is 5.75 Å². The number of carbonyl (C=O) groups is 1. The predicted octanol–water partition coefficient (Wildman–Crippen LogP) is 3.00. The fourth-order valence-electron chi connectivity index (χ4n) is 2.65. The molecule has 1 saturated carbocycles. The number of phenolic OH excluding ortho intramolecular Hbond substituents is 1. The number of hydrogen-bond acceptors (Lipinski definition) is 2. The van der Waals surface area contributed by atoms with Gasteiger partial charge in [-0.1, -0.05) is 25.5 Å². The lowest BCUT2D eigenvalue weighted by atomic mass is 9.68. The molecule has 1 fully saturated rings. The van der Waals surface area contributed by atoms with Gasteiger partial charge in [-0.2, -0.15) is 0 Å². The summed E-state index contributed by atoms with van der Waals surface area (Å²) in [6.45, 7) is 1.76. The first kappa shape index (κ1) is 12.0. The van der Waals surface area contributed by atoms with Gasteiger partial charge in [0.05, 0.1) is 5.92 Å². The third kappa shape index (κ3) is 2.43. The van der Waals surface area contributed by atoms with E-state index >= 15 is 0 Å². The van der Waals surface area contributed by atoms with Crippen LogP contribution < -0.4 is 0 Å². The number of carboxylic acids is 1. The van der Waals surface area contributed by atoms with Crippen LogP contribution in [0.1, 0.15) is 37.7 Å². The smallest absolute Gasteiger partial charge is 0.306 e. The average Bonchev–Trinajstić information content (AvgIpc) is 2.22. The van der Waals surface area contributed by atoms with Crippen molar-refractivity contribution in [1.82, 2.24) is 0 Å². The Hall–Kier alpha value is -1.51. The minimum absolute atomic E-state index is 0.0216. The molecule has 0 amide bonds. The highest BCUT2D eigenvalue weighted by Crippen LogP contribution is 2.44. The maximum Gasteiger partial charge on any atom is 0.306 e. The van der Waals surface area contributed by atoms with Crippen molar-refractivity contribution in [2.45, 2.75) is 32.1 Å². The molecule has 1 aliphatic carbocycles. The summed E-state index contributed by atoms with van der Waals surface area (Å²) in [5, 5.41) is 18.7. The molecule has 2 rings (SSSR count). The first-order chi connectivity index (χ1) is 8.09. The molecule has 0 heterocycles. The Morgan fingerprint density at radius 2 is 2.12 bits per heavy atom. The van der Waals surface area contributed by atoms with Crippen LogP contribution in [0, 0.1) is 11.8 Å². The summed E-state index contributed by atoms with van der Waals surface area (Å²) in [6.07, 6.45) is 3.38. The fourth-order valence-corrected chi connectivity index (χ4v) is 2.65. The monoisotopic (exact) mass is 234 g/mol. The zero-order valence-electron chi connectivity index (χ0n) is 9.97. The van der Waals surface area contributed by atoms with E-state index in [1.54, 1.807) is 25.1 Å². The van der Waals surface area contributed by atoms with Crippen molar-refractivity contribution in [2.75, 3.05) is 0 Å². The van der Waals surface area contributed by atoms with E-state index in [-0.39, 0.29) is 11.7 Å². The van der Waals surface area contributed by atoms with Crippen LogP contribution in [-0.4, -0.2) is 16.2 Å². The molecule has 0 spiro atoms. The fraction of sp³-hybridized carbons (Fsp3) is 0.500. The molecule has 1 aliphatic rings. The van der Waals surface area contributed by atoms with Crippen molar-refractivity contribution >= 4 is 5.97 Å². The molecule has 2 atom stereocenters. The standard InChI is InChI=1S/C14H18O3/c1-9(14(16)17)13(10-4-2-5-10)11-6-3-7-12(15)8-11/h3,6-10,13,15H,2,4-5H2,1H3,(H,16,17)/t9?,13-/m0/s1. The summed E-state index contributed by atoms with van der Waals surface area (Å²) in [7, 11) is 0. The molecule has 0 aromatic heterocycles. The van der Waals surface area contributed by atoms with Crippen molar-refractivity contribution in [1.29, 1.82) is 0 Å². The van der Waals surface area contributed by atoms with Crippen molar-refractivity contribution in [3.05, 3.63) is 29.8 Å². The molecular formula is C14H18O3. The third-order valence-electron chi connectivity index (χ3n) is 3.84. The van der Waals surface area contributed by atoms with Crippen molar-refractivity contribution in [2.24, 2.45) is 11.8 Å². The minimum atomic E-state index is -0.759. The second kappa shape index (κ2) is 4.78. The summed E-state index contributed by atoms with van der Waals surface area (Å²) in [6, 6.07) is 7.02. The minimum Gasteiger partial charge on any atom is -0.508 e. The van der Waals surface area contributed by atoms with Gasteiger partial charge in [0, 0.05) is 0 Å². The lowest BCUT2D eigenvalue weighted by Crippen LogP contribution is -2.29. The Bertz CT molecular complexity index is 410. The molecule has 3 nitrogen and oxygen atoms in total. The lowest BCUT2D eigenvalue weighted by Gasteiger charge is -2.36. The van der Waals surface area contributed by atoms with Gasteiger partial charge in [-0.25, -0.2) is 0 Å². The van der Waals surface area contributed by atoms with Gasteiger partial charge in [-0.05, 0) is 42.4 Å². The highest BCUT2D eigenvalue weighted by atomic mass is 16.4. The lowest BCUT2D eigenvalue weighted by molar-refractivity contribution is -0.142. The number of phenols is 1. The van der Waals surface area contributed by atoms with Crippen LogP contribution in [0.15, 0.2) is 24.3 Å².